The lowest BCUT2D eigenvalue weighted by atomic mass is 10.1. The van der Waals surface area contributed by atoms with Crippen molar-refractivity contribution in [3.05, 3.63) is 89.8 Å². The summed E-state index contributed by atoms with van der Waals surface area (Å²) in [5.41, 5.74) is 2.95. The summed E-state index contributed by atoms with van der Waals surface area (Å²) in [5, 5.41) is 10.7. The minimum absolute atomic E-state index is 0. The zero-order valence-electron chi connectivity index (χ0n) is 22.4. The van der Waals surface area contributed by atoms with Gasteiger partial charge in [-0.1, -0.05) is 24.9 Å². The van der Waals surface area contributed by atoms with Crippen molar-refractivity contribution in [2.45, 2.75) is 32.3 Å². The third-order valence-electron chi connectivity index (χ3n) is 5.87. The van der Waals surface area contributed by atoms with Gasteiger partial charge < -0.3 is 24.0 Å². The predicted octanol–water partition coefficient (Wildman–Crippen LogP) is 7.47. The van der Waals surface area contributed by atoms with Gasteiger partial charge in [-0.05, 0) is 93.3 Å². The van der Waals surface area contributed by atoms with Crippen LogP contribution < -0.4 is 9.47 Å². The fourth-order valence-corrected chi connectivity index (χ4v) is 4.12. The summed E-state index contributed by atoms with van der Waals surface area (Å²) < 4.78 is 13.8. The number of aliphatic hydroxyl groups is 1. The van der Waals surface area contributed by atoms with Crippen LogP contribution in [0.3, 0.4) is 0 Å². The maximum absolute atomic E-state index is 10.0. The van der Waals surface area contributed by atoms with Gasteiger partial charge in [-0.2, -0.15) is 0 Å². The molecule has 210 valence electrons. The highest BCUT2D eigenvalue weighted by Gasteiger charge is 2.12. The number of hydrogen-bond donors (Lipinski definition) is 1. The third-order valence-corrected chi connectivity index (χ3v) is 6.12. The molecule has 0 aliphatic heterocycles. The van der Waals surface area contributed by atoms with E-state index < -0.39 is 6.10 Å². The summed E-state index contributed by atoms with van der Waals surface area (Å²) in [6.07, 6.45) is 4.61. The first kappa shape index (κ1) is 32.5. The largest absolute Gasteiger partial charge is 0.491 e. The van der Waals surface area contributed by atoms with E-state index >= 15 is 0 Å². The molecule has 6 nitrogen and oxygen atoms in total. The van der Waals surface area contributed by atoms with Crippen LogP contribution in [0.15, 0.2) is 79.0 Å². The highest BCUT2D eigenvalue weighted by atomic mass is 35.5. The van der Waals surface area contributed by atoms with Crippen molar-refractivity contribution in [3.63, 3.8) is 0 Å². The van der Waals surface area contributed by atoms with Crippen molar-refractivity contribution in [2.75, 3.05) is 27.2 Å². The predicted molar refractivity (Wildman–Crippen MR) is 164 cm³/mol. The van der Waals surface area contributed by atoms with Crippen LogP contribution in [-0.2, 0) is 6.42 Å². The number of likely N-dealkylation sites (N-methyl/N-ethyl adjacent to an activating group) is 1. The summed E-state index contributed by atoms with van der Waals surface area (Å²) in [6, 6.07) is 23.2. The van der Waals surface area contributed by atoms with E-state index in [1.807, 2.05) is 91.8 Å². The van der Waals surface area contributed by atoms with Crippen LogP contribution in [-0.4, -0.2) is 52.9 Å². The number of aromatic nitrogens is 2. The Morgan fingerprint density at radius 1 is 0.897 bits per heavy atom. The van der Waals surface area contributed by atoms with E-state index in [0.29, 0.717) is 11.6 Å². The molecule has 0 unspecified atom stereocenters. The molecule has 0 bridgehead atoms. The number of nitrogens with zero attached hydrogens (tertiary/aromatic N) is 3. The highest BCUT2D eigenvalue weighted by molar-refractivity contribution is 6.30. The first-order valence-electron chi connectivity index (χ1n) is 12.6. The van der Waals surface area contributed by atoms with Gasteiger partial charge in [0.1, 0.15) is 35.8 Å². The van der Waals surface area contributed by atoms with Gasteiger partial charge in [0.15, 0.2) is 0 Å². The summed E-state index contributed by atoms with van der Waals surface area (Å²) in [4.78, 5) is 6.90. The molecule has 1 heterocycles. The van der Waals surface area contributed by atoms with Crippen molar-refractivity contribution in [2.24, 2.45) is 0 Å². The quantitative estimate of drug-likeness (QED) is 0.185. The molecule has 39 heavy (non-hydrogen) atoms. The molecule has 9 heteroatoms. The Labute approximate surface area is 248 Å². The fourth-order valence-electron chi connectivity index (χ4n) is 3.99. The molecule has 0 aliphatic rings. The van der Waals surface area contributed by atoms with Gasteiger partial charge in [-0.15, -0.1) is 24.8 Å². The van der Waals surface area contributed by atoms with Crippen molar-refractivity contribution in [3.8, 4) is 34.2 Å². The molecule has 4 aromatic rings. The topological polar surface area (TPSA) is 59.8 Å². The van der Waals surface area contributed by atoms with E-state index in [-0.39, 0.29) is 31.4 Å². The normalized spacial score (nSPS) is 11.4. The molecule has 0 radical (unpaired) electrons. The van der Waals surface area contributed by atoms with Crippen LogP contribution in [0.25, 0.3) is 16.9 Å². The minimum atomic E-state index is -0.533. The Kier molecular flexibility index (Phi) is 13.1. The van der Waals surface area contributed by atoms with Gasteiger partial charge in [-0.25, -0.2) is 4.98 Å². The number of ether oxygens (including phenoxy) is 2. The smallest absolute Gasteiger partial charge is 0.127 e. The van der Waals surface area contributed by atoms with E-state index in [2.05, 4.69) is 17.7 Å². The van der Waals surface area contributed by atoms with Crippen LogP contribution in [0.1, 0.15) is 25.6 Å². The molecular formula is C30H36Cl3N3O3. The SMILES string of the molecule is CCCCc1nc(-c2ccc(OC[C@@H](O)CN(C)C)cc2)cn1-c1ccc(Oc2ccc(Cl)cc2)cc1.Cl.Cl. The second kappa shape index (κ2) is 15.8. The standard InChI is InChI=1S/C30H34ClN3O3.2ClH/c1-4-5-6-30-32-29(22-7-13-26(14-8-22)36-21-25(35)19-33(2)3)20-34(30)24-11-17-28(18-12-24)37-27-15-9-23(31)10-16-27;;/h7-18,20,25,35H,4-6,19,21H2,1-3H3;2*1H/t25-;;/m0../s1. The molecule has 0 fully saturated rings. The van der Waals surface area contributed by atoms with Gasteiger partial charge >= 0.3 is 0 Å². The first-order valence-corrected chi connectivity index (χ1v) is 13.0. The van der Waals surface area contributed by atoms with Gasteiger partial charge in [0.05, 0.1) is 5.69 Å². The lowest BCUT2D eigenvalue weighted by Crippen LogP contribution is -2.30. The molecule has 1 aromatic heterocycles. The van der Waals surface area contributed by atoms with Crippen LogP contribution in [0.4, 0.5) is 0 Å². The Balaban J connectivity index is 0.00000267. The number of aryl methyl sites for hydroxylation is 1. The number of unbranched alkanes of at least 4 members (excludes halogenated alkanes) is 1. The molecular weight excluding hydrogens is 557 g/mol. The number of hydrogen-bond acceptors (Lipinski definition) is 5. The molecule has 3 aromatic carbocycles. The lowest BCUT2D eigenvalue weighted by Gasteiger charge is -2.16. The molecule has 4 rings (SSSR count). The van der Waals surface area contributed by atoms with Crippen LogP contribution in [0.5, 0.6) is 17.2 Å². The number of imidazole rings is 1. The summed E-state index contributed by atoms with van der Waals surface area (Å²) in [6.45, 7) is 3.00. The summed E-state index contributed by atoms with van der Waals surface area (Å²) >= 11 is 5.97. The average Bonchev–Trinajstić information content (AvgIpc) is 3.32. The molecule has 1 N–H and O–H groups in total. The van der Waals surface area contributed by atoms with Crippen molar-refractivity contribution in [1.29, 1.82) is 0 Å². The Hall–Kier alpha value is -2.74. The highest BCUT2D eigenvalue weighted by Crippen LogP contribution is 2.27. The van der Waals surface area contributed by atoms with Crippen LogP contribution in [0.2, 0.25) is 5.02 Å². The Morgan fingerprint density at radius 3 is 2.08 bits per heavy atom. The number of aliphatic hydroxyl groups excluding tert-OH is 1. The monoisotopic (exact) mass is 591 g/mol. The van der Waals surface area contributed by atoms with Crippen molar-refractivity contribution >= 4 is 36.4 Å². The van der Waals surface area contributed by atoms with Gasteiger partial charge in [-0.3, -0.25) is 0 Å². The molecule has 0 saturated carbocycles. The Morgan fingerprint density at radius 2 is 1.49 bits per heavy atom. The molecule has 1 atom stereocenters. The number of rotatable bonds is 12. The van der Waals surface area contributed by atoms with Crippen LogP contribution in [0, 0.1) is 0 Å². The van der Waals surface area contributed by atoms with E-state index in [9.17, 15) is 5.11 Å². The average molecular weight is 593 g/mol. The van der Waals surface area contributed by atoms with Gasteiger partial charge in [0.2, 0.25) is 0 Å². The maximum Gasteiger partial charge on any atom is 0.127 e. The van der Waals surface area contributed by atoms with Crippen LogP contribution >= 0.6 is 36.4 Å². The van der Waals surface area contributed by atoms with E-state index in [1.54, 1.807) is 0 Å². The number of benzene rings is 3. The molecule has 0 amide bonds. The fraction of sp³-hybridized carbons (Fsp3) is 0.300. The zero-order chi connectivity index (χ0) is 26.2. The van der Waals surface area contributed by atoms with E-state index in [1.165, 1.54) is 0 Å². The summed E-state index contributed by atoms with van der Waals surface area (Å²) in [5.74, 6) is 3.25. The van der Waals surface area contributed by atoms with E-state index in [0.717, 1.165) is 59.3 Å². The summed E-state index contributed by atoms with van der Waals surface area (Å²) in [7, 11) is 3.85. The minimum Gasteiger partial charge on any atom is -0.491 e. The van der Waals surface area contributed by atoms with Gasteiger partial charge in [0.25, 0.3) is 0 Å². The molecule has 0 saturated heterocycles. The second-order valence-corrected chi connectivity index (χ2v) is 9.75. The molecule has 0 spiro atoms. The van der Waals surface area contributed by atoms with Gasteiger partial charge in [0, 0.05) is 35.4 Å². The lowest BCUT2D eigenvalue weighted by molar-refractivity contribution is 0.0831. The van der Waals surface area contributed by atoms with Crippen molar-refractivity contribution < 1.29 is 14.6 Å². The van der Waals surface area contributed by atoms with Crippen molar-refractivity contribution in [1.82, 2.24) is 14.5 Å². The number of halogens is 3. The Bertz CT molecular complexity index is 1260. The third kappa shape index (κ3) is 9.45. The maximum atomic E-state index is 10.0. The first-order chi connectivity index (χ1) is 17.9. The van der Waals surface area contributed by atoms with E-state index in [4.69, 9.17) is 26.1 Å². The molecule has 0 aliphatic carbocycles. The zero-order valence-corrected chi connectivity index (χ0v) is 24.8. The second-order valence-electron chi connectivity index (χ2n) is 9.32.